The van der Waals surface area contributed by atoms with Crippen LogP contribution >= 0.6 is 0 Å². The summed E-state index contributed by atoms with van der Waals surface area (Å²) >= 11 is 0. The Kier molecular flexibility index (Phi) is 24.2. The summed E-state index contributed by atoms with van der Waals surface area (Å²) in [6.07, 6.45) is 10.9. The lowest BCUT2D eigenvalue weighted by Crippen LogP contribution is -2.59. The van der Waals surface area contributed by atoms with Gasteiger partial charge in [0.05, 0.1) is 44.8 Å². The molecule has 0 radical (unpaired) electrons. The number of hydrogen-bond donors (Lipinski definition) is 6. The molecule has 89 heavy (non-hydrogen) atoms. The monoisotopic (exact) mass is 1210 g/mol. The quantitative estimate of drug-likeness (QED) is 0.0270. The molecule has 3 aliphatic rings. The normalized spacial score (nSPS) is 16.5. The molecular weight excluding hydrogens is 1130 g/mol. The Bertz CT molecular complexity index is 3220. The van der Waals surface area contributed by atoms with E-state index in [-0.39, 0.29) is 75.7 Å². The van der Waals surface area contributed by atoms with Crippen LogP contribution in [0.15, 0.2) is 140 Å². The second-order valence-corrected chi connectivity index (χ2v) is 22.9. The van der Waals surface area contributed by atoms with Gasteiger partial charge in [-0.3, -0.25) is 38.7 Å². The number of likely N-dealkylation sites (tertiary alicyclic amines) is 1. The minimum Gasteiger partial charge on any atom is -0.377 e. The summed E-state index contributed by atoms with van der Waals surface area (Å²) in [6, 6.07) is 34.9. The van der Waals surface area contributed by atoms with Crippen LogP contribution in [0.1, 0.15) is 90.4 Å². The highest BCUT2D eigenvalue weighted by Crippen LogP contribution is 2.32. The number of ether oxygens (including phenoxy) is 3. The molecule has 6 aromatic rings. The van der Waals surface area contributed by atoms with E-state index in [2.05, 4.69) is 51.8 Å². The summed E-state index contributed by atoms with van der Waals surface area (Å²) in [6.45, 7) is 8.65. The van der Waals surface area contributed by atoms with Crippen molar-refractivity contribution in [3.8, 4) is 11.3 Å². The molecule has 2 aliphatic heterocycles. The Hall–Kier alpha value is -8.47. The highest BCUT2D eigenvalue weighted by Gasteiger charge is 2.43. The number of benzene rings is 4. The van der Waals surface area contributed by atoms with Crippen molar-refractivity contribution < 1.29 is 43.0 Å². The molecule has 1 aliphatic carbocycles. The summed E-state index contributed by atoms with van der Waals surface area (Å²) in [4.78, 5) is 102. The van der Waals surface area contributed by atoms with Crippen molar-refractivity contribution in [2.75, 3.05) is 96.6 Å². The predicted molar refractivity (Wildman–Crippen MR) is 340 cm³/mol. The van der Waals surface area contributed by atoms with E-state index in [1.54, 1.807) is 37.5 Å². The highest BCUT2D eigenvalue weighted by atomic mass is 16.5. The molecule has 0 bridgehead atoms. The third-order valence-electron chi connectivity index (χ3n) is 16.8. The number of anilines is 3. The van der Waals surface area contributed by atoms with Gasteiger partial charge in [-0.05, 0) is 117 Å². The number of rotatable bonds is 29. The van der Waals surface area contributed by atoms with Crippen molar-refractivity contribution in [2.45, 2.75) is 95.4 Å². The molecule has 9 rings (SSSR count). The molecular formula is C68H84N12O9. The summed E-state index contributed by atoms with van der Waals surface area (Å²) in [5.74, 6) is -1.83. The molecule has 6 amide bonds. The number of piperazine rings is 1. The zero-order valence-electron chi connectivity index (χ0n) is 51.2. The Morgan fingerprint density at radius 2 is 1.38 bits per heavy atom. The molecule has 470 valence electrons. The van der Waals surface area contributed by atoms with Crippen LogP contribution in [-0.4, -0.2) is 175 Å². The van der Waals surface area contributed by atoms with Crippen LogP contribution in [0.2, 0.25) is 0 Å². The maximum Gasteiger partial charge on any atom is 0.255 e. The summed E-state index contributed by atoms with van der Waals surface area (Å²) in [5.41, 5.74) is 7.24. The third-order valence-corrected chi connectivity index (χ3v) is 16.8. The van der Waals surface area contributed by atoms with Gasteiger partial charge < -0.3 is 55.9 Å². The lowest BCUT2D eigenvalue weighted by Gasteiger charge is -2.36. The number of carbonyl (C=O) groups excluding carboxylic acids is 6. The second-order valence-electron chi connectivity index (χ2n) is 22.9. The first-order chi connectivity index (χ1) is 43.4. The van der Waals surface area contributed by atoms with E-state index in [1.165, 1.54) is 0 Å². The maximum absolute atomic E-state index is 14.6. The fourth-order valence-electron chi connectivity index (χ4n) is 11.7. The number of nitrogens with zero attached hydrogens (tertiary/aromatic N) is 6. The lowest BCUT2D eigenvalue weighted by atomic mass is 9.83. The molecule has 2 saturated heterocycles. The number of nitrogens with one attached hydrogen (secondary N) is 6. The first-order valence-electron chi connectivity index (χ1n) is 31.1. The number of carbonyl (C=O) groups is 6. The van der Waals surface area contributed by atoms with Gasteiger partial charge in [-0.15, -0.1) is 0 Å². The van der Waals surface area contributed by atoms with Crippen molar-refractivity contribution >= 4 is 52.8 Å². The molecule has 21 nitrogen and oxygen atoms in total. The molecule has 1 saturated carbocycles. The molecule has 21 heteroatoms. The third kappa shape index (κ3) is 18.6. The number of hydrogen-bond acceptors (Lipinski definition) is 15. The Morgan fingerprint density at radius 3 is 2.07 bits per heavy atom. The van der Waals surface area contributed by atoms with Gasteiger partial charge in [-0.1, -0.05) is 98.1 Å². The Labute approximate surface area is 521 Å². The second kappa shape index (κ2) is 33.2. The molecule has 4 heterocycles. The number of pyridine rings is 1. The van der Waals surface area contributed by atoms with Crippen molar-refractivity contribution in [1.29, 1.82) is 0 Å². The van der Waals surface area contributed by atoms with Crippen molar-refractivity contribution in [1.82, 2.24) is 50.9 Å². The highest BCUT2D eigenvalue weighted by molar-refractivity contribution is 6.04. The zero-order valence-corrected chi connectivity index (χ0v) is 51.2. The number of likely N-dealkylation sites (N-methyl/N-ethyl adjacent to an activating group) is 1. The van der Waals surface area contributed by atoms with Gasteiger partial charge in [-0.25, -0.2) is 9.97 Å². The minimum atomic E-state index is -1.05. The van der Waals surface area contributed by atoms with Crippen molar-refractivity contribution in [3.05, 3.63) is 168 Å². The van der Waals surface area contributed by atoms with Crippen molar-refractivity contribution in [3.63, 3.8) is 0 Å². The molecule has 4 aromatic carbocycles. The average molecular weight is 1210 g/mol. The van der Waals surface area contributed by atoms with Crippen LogP contribution in [-0.2, 0) is 44.7 Å². The topological polar surface area (TPSA) is 251 Å². The van der Waals surface area contributed by atoms with E-state index in [0.29, 0.717) is 69.3 Å². The van der Waals surface area contributed by atoms with Gasteiger partial charge in [0.15, 0.2) is 0 Å². The van der Waals surface area contributed by atoms with Gasteiger partial charge in [0.2, 0.25) is 35.5 Å². The molecule has 2 aromatic heterocycles. The van der Waals surface area contributed by atoms with Gasteiger partial charge in [0, 0.05) is 92.8 Å². The minimum absolute atomic E-state index is 0.0348. The fourth-order valence-corrected chi connectivity index (χ4v) is 11.7. The smallest absolute Gasteiger partial charge is 0.255 e. The van der Waals surface area contributed by atoms with E-state index in [1.807, 2.05) is 133 Å². The summed E-state index contributed by atoms with van der Waals surface area (Å²) in [7, 11) is 1.70. The molecule has 4 unspecified atom stereocenters. The summed E-state index contributed by atoms with van der Waals surface area (Å²) < 4.78 is 17.2. The largest absolute Gasteiger partial charge is 0.377 e. The van der Waals surface area contributed by atoms with Crippen LogP contribution in [0.3, 0.4) is 0 Å². The zero-order chi connectivity index (χ0) is 62.3. The van der Waals surface area contributed by atoms with E-state index >= 15 is 0 Å². The van der Waals surface area contributed by atoms with E-state index < -0.39 is 41.9 Å². The van der Waals surface area contributed by atoms with Gasteiger partial charge in [0.25, 0.3) is 5.91 Å². The SMILES string of the molecule is CNC(C)C(=O)NC(C(=O)N1CCCC1C(=O)NC(C(=O)NCCOCCOCCOCC(=O)N1CCN(Cc2ccc(C(=O)Nc3ccc(C)c(Nc4nccc(-c5cccnc5)n4)c3)cc2)CC1)C(c1ccccc1)c1ccccc1)C1CCCCC1. The first kappa shape index (κ1) is 65.0. The van der Waals surface area contributed by atoms with Gasteiger partial charge in [-0.2, -0.15) is 0 Å². The van der Waals surface area contributed by atoms with Crippen LogP contribution in [0.5, 0.6) is 0 Å². The lowest BCUT2D eigenvalue weighted by molar-refractivity contribution is -0.143. The molecule has 0 spiro atoms. The maximum atomic E-state index is 14.6. The van der Waals surface area contributed by atoms with Gasteiger partial charge >= 0.3 is 0 Å². The summed E-state index contributed by atoms with van der Waals surface area (Å²) in [5, 5.41) is 18.4. The Balaban J connectivity index is 0.668. The van der Waals surface area contributed by atoms with Gasteiger partial charge in [0.1, 0.15) is 24.7 Å². The van der Waals surface area contributed by atoms with Crippen LogP contribution in [0.4, 0.5) is 17.3 Å². The predicted octanol–water partition coefficient (Wildman–Crippen LogP) is 6.63. The first-order valence-corrected chi connectivity index (χ1v) is 31.1. The number of amides is 6. The van der Waals surface area contributed by atoms with E-state index in [9.17, 15) is 28.8 Å². The fraction of sp³-hybridized carbons (Fsp3) is 0.426. The Morgan fingerprint density at radius 1 is 0.685 bits per heavy atom. The molecule has 4 atom stereocenters. The van der Waals surface area contributed by atoms with Crippen LogP contribution in [0.25, 0.3) is 11.3 Å². The van der Waals surface area contributed by atoms with E-state index in [4.69, 9.17) is 14.2 Å². The van der Waals surface area contributed by atoms with E-state index in [0.717, 1.165) is 71.3 Å². The molecule has 6 N–H and O–H groups in total. The molecule has 3 fully saturated rings. The number of aromatic nitrogens is 3. The van der Waals surface area contributed by atoms with Crippen LogP contribution < -0.4 is 31.9 Å². The van der Waals surface area contributed by atoms with Crippen LogP contribution in [0, 0.1) is 12.8 Å². The standard InChI is InChI=1S/C68H84N12O9/c1-47-23-28-55(43-57(47)75-68-72-31-29-56(74-68)54-21-13-30-70-44-54)73-64(83)53-26-24-49(25-27-53)45-78-34-36-79(37-35-78)59(81)46-89-42-41-88-40-39-87-38-32-71-66(85)62(60(50-15-7-4-8-16-50)51-17-9-5-10-18-51)77-65(84)58-22-14-33-80(58)67(86)61(52-19-11-6-12-20-52)76-63(82)48(2)69-3/h4-5,7-10,13,15-18,21,23-31,43-44,48,52,58,60-62,69H,6,11-12,14,19-20,22,32-42,45-46H2,1-3H3,(H,71,85)(H,73,83)(H,76,82)(H,77,84)(H,72,74,75). The average Bonchev–Trinajstić information content (AvgIpc) is 3.38. The number of aryl methyl sites for hydroxylation is 1. The van der Waals surface area contributed by atoms with Crippen molar-refractivity contribution in [2.24, 2.45) is 5.92 Å².